The SMILES string of the molecule is COC(C)Oc1ccc(PC(=O)c2c(Cl)cccc2Cl)c(C)c1. The Labute approximate surface area is 147 Å². The first kappa shape index (κ1) is 18.2. The summed E-state index contributed by atoms with van der Waals surface area (Å²) in [5.74, 6) is 0.702. The highest BCUT2D eigenvalue weighted by molar-refractivity contribution is 7.66. The Morgan fingerprint density at radius 2 is 1.83 bits per heavy atom. The molecule has 0 amide bonds. The average molecular weight is 371 g/mol. The Kier molecular flexibility index (Phi) is 6.43. The molecular weight excluding hydrogens is 354 g/mol. The van der Waals surface area contributed by atoms with Crippen molar-refractivity contribution in [2.24, 2.45) is 0 Å². The highest BCUT2D eigenvalue weighted by Crippen LogP contribution is 2.31. The van der Waals surface area contributed by atoms with Crippen LogP contribution >= 0.6 is 31.8 Å². The summed E-state index contributed by atoms with van der Waals surface area (Å²) in [6, 6.07) is 10.7. The number of carbonyl (C=O) groups excluding carboxylic acids is 1. The maximum Gasteiger partial charge on any atom is 0.196 e. The summed E-state index contributed by atoms with van der Waals surface area (Å²) < 4.78 is 10.6. The molecule has 0 saturated carbocycles. The molecule has 0 aliphatic heterocycles. The second-order valence-corrected chi connectivity index (χ2v) is 7.01. The van der Waals surface area contributed by atoms with Crippen LogP contribution in [0, 0.1) is 6.92 Å². The number of hydrogen-bond acceptors (Lipinski definition) is 3. The minimum Gasteiger partial charge on any atom is -0.465 e. The van der Waals surface area contributed by atoms with Crippen LogP contribution in [0.15, 0.2) is 36.4 Å². The Morgan fingerprint density at radius 3 is 2.39 bits per heavy atom. The third kappa shape index (κ3) is 4.68. The van der Waals surface area contributed by atoms with Crippen molar-refractivity contribution in [3.05, 3.63) is 57.6 Å². The van der Waals surface area contributed by atoms with Gasteiger partial charge in [-0.15, -0.1) is 0 Å². The maximum absolute atomic E-state index is 12.5. The topological polar surface area (TPSA) is 35.5 Å². The number of carbonyl (C=O) groups is 1. The van der Waals surface area contributed by atoms with Gasteiger partial charge in [-0.3, -0.25) is 4.79 Å². The third-order valence-electron chi connectivity index (χ3n) is 3.27. The summed E-state index contributed by atoms with van der Waals surface area (Å²) in [5, 5.41) is 1.69. The Morgan fingerprint density at radius 1 is 1.17 bits per heavy atom. The van der Waals surface area contributed by atoms with Crippen molar-refractivity contribution in [1.29, 1.82) is 0 Å². The molecule has 0 aromatic heterocycles. The second kappa shape index (κ2) is 8.12. The summed E-state index contributed by atoms with van der Waals surface area (Å²) in [7, 11) is 1.53. The van der Waals surface area contributed by atoms with Gasteiger partial charge in [0.2, 0.25) is 0 Å². The largest absolute Gasteiger partial charge is 0.465 e. The molecule has 6 heteroatoms. The molecule has 23 heavy (non-hydrogen) atoms. The van der Waals surface area contributed by atoms with E-state index in [4.69, 9.17) is 32.7 Å². The number of rotatable bonds is 6. The number of hydrogen-bond donors (Lipinski definition) is 0. The van der Waals surface area contributed by atoms with Crippen molar-refractivity contribution in [2.45, 2.75) is 20.1 Å². The molecule has 2 unspecified atom stereocenters. The van der Waals surface area contributed by atoms with E-state index in [9.17, 15) is 4.79 Å². The first-order valence-corrected chi connectivity index (χ1v) is 8.73. The normalized spacial score (nSPS) is 12.6. The molecule has 2 atom stereocenters. The quantitative estimate of drug-likeness (QED) is 0.540. The monoisotopic (exact) mass is 370 g/mol. The second-order valence-electron chi connectivity index (χ2n) is 4.95. The van der Waals surface area contributed by atoms with Gasteiger partial charge < -0.3 is 9.47 Å². The van der Waals surface area contributed by atoms with Crippen LogP contribution in [0.25, 0.3) is 0 Å². The number of aryl methyl sites for hydroxylation is 1. The van der Waals surface area contributed by atoms with Crippen molar-refractivity contribution in [3.63, 3.8) is 0 Å². The van der Waals surface area contributed by atoms with E-state index in [0.717, 1.165) is 10.9 Å². The van der Waals surface area contributed by atoms with Crippen LogP contribution < -0.4 is 10.0 Å². The lowest BCUT2D eigenvalue weighted by molar-refractivity contribution is -0.0382. The molecule has 0 fully saturated rings. The van der Waals surface area contributed by atoms with Crippen molar-refractivity contribution < 1.29 is 14.3 Å². The van der Waals surface area contributed by atoms with E-state index in [1.165, 1.54) is 0 Å². The van der Waals surface area contributed by atoms with E-state index >= 15 is 0 Å². The van der Waals surface area contributed by atoms with Gasteiger partial charge in [-0.25, -0.2) is 0 Å². The summed E-state index contributed by atoms with van der Waals surface area (Å²) in [5.41, 5.74) is 1.27. The van der Waals surface area contributed by atoms with Gasteiger partial charge in [-0.2, -0.15) is 0 Å². The number of ether oxygens (including phenoxy) is 2. The minimum absolute atomic E-state index is 0.0547. The molecule has 3 nitrogen and oxygen atoms in total. The Hall–Kier alpha value is -1.12. The zero-order chi connectivity index (χ0) is 17.0. The van der Waals surface area contributed by atoms with E-state index in [1.807, 2.05) is 32.0 Å². The number of halogens is 2. The van der Waals surface area contributed by atoms with Gasteiger partial charge in [0, 0.05) is 7.11 Å². The molecule has 122 valence electrons. The summed E-state index contributed by atoms with van der Waals surface area (Å²) >= 11 is 12.2. The standard InChI is InChI=1S/C17H17Cl2O3P/c1-10-9-12(22-11(2)21-3)7-8-15(10)23-17(20)16-13(18)5-4-6-14(16)19/h4-9,11,23H,1-3H3. The van der Waals surface area contributed by atoms with Crippen LogP contribution in [0.4, 0.5) is 0 Å². The fourth-order valence-corrected chi connectivity index (χ4v) is 3.79. The molecule has 2 rings (SSSR count). The van der Waals surface area contributed by atoms with Gasteiger partial charge in [0.05, 0.1) is 15.6 Å². The van der Waals surface area contributed by atoms with Gasteiger partial charge in [-0.05, 0) is 57.6 Å². The fraction of sp³-hybridized carbons (Fsp3) is 0.235. The van der Waals surface area contributed by atoms with E-state index in [-0.39, 0.29) is 20.4 Å². The van der Waals surface area contributed by atoms with Gasteiger partial charge in [-0.1, -0.05) is 35.3 Å². The van der Waals surface area contributed by atoms with E-state index in [2.05, 4.69) is 0 Å². The van der Waals surface area contributed by atoms with Gasteiger partial charge in [0.15, 0.2) is 11.8 Å². The number of methoxy groups -OCH3 is 1. The zero-order valence-electron chi connectivity index (χ0n) is 13.0. The first-order valence-electron chi connectivity index (χ1n) is 6.98. The molecule has 0 aliphatic rings. The molecule has 2 aromatic rings. The van der Waals surface area contributed by atoms with Crippen molar-refractivity contribution in [2.75, 3.05) is 7.11 Å². The smallest absolute Gasteiger partial charge is 0.196 e. The average Bonchev–Trinajstić information content (AvgIpc) is 2.49. The van der Waals surface area contributed by atoms with Crippen LogP contribution in [0.3, 0.4) is 0 Å². The molecular formula is C17H17Cl2O3P. The van der Waals surface area contributed by atoms with E-state index in [0.29, 0.717) is 21.4 Å². The van der Waals surface area contributed by atoms with E-state index < -0.39 is 0 Å². The predicted octanol–water partition coefficient (Wildman–Crippen LogP) is 4.82. The van der Waals surface area contributed by atoms with Crippen LogP contribution in [-0.4, -0.2) is 18.9 Å². The predicted molar refractivity (Wildman–Crippen MR) is 97.0 cm³/mol. The lowest BCUT2D eigenvalue weighted by Gasteiger charge is -2.14. The molecule has 0 N–H and O–H groups in total. The number of benzene rings is 2. The molecule has 0 spiro atoms. The van der Waals surface area contributed by atoms with Crippen molar-refractivity contribution >= 4 is 42.6 Å². The van der Waals surface area contributed by atoms with Crippen LogP contribution in [-0.2, 0) is 4.74 Å². The lowest BCUT2D eigenvalue weighted by atomic mass is 10.2. The molecule has 0 radical (unpaired) electrons. The van der Waals surface area contributed by atoms with Crippen LogP contribution in [0.2, 0.25) is 10.0 Å². The summed E-state index contributed by atoms with van der Waals surface area (Å²) in [6.45, 7) is 3.75. The highest BCUT2D eigenvalue weighted by atomic mass is 35.5. The third-order valence-corrected chi connectivity index (χ3v) is 5.21. The molecule has 0 heterocycles. The Balaban J connectivity index is 2.19. The first-order chi connectivity index (χ1) is 10.9. The van der Waals surface area contributed by atoms with Gasteiger partial charge >= 0.3 is 0 Å². The maximum atomic E-state index is 12.5. The van der Waals surface area contributed by atoms with Crippen LogP contribution in [0.1, 0.15) is 22.8 Å². The highest BCUT2D eigenvalue weighted by Gasteiger charge is 2.16. The minimum atomic E-state index is -0.328. The molecule has 0 bridgehead atoms. The van der Waals surface area contributed by atoms with Gasteiger partial charge in [0.1, 0.15) is 5.75 Å². The molecule has 2 aromatic carbocycles. The molecule has 0 saturated heterocycles. The lowest BCUT2D eigenvalue weighted by Crippen LogP contribution is -2.14. The fourth-order valence-electron chi connectivity index (χ4n) is 1.99. The molecule has 0 aliphatic carbocycles. The Bertz CT molecular complexity index is 699. The zero-order valence-corrected chi connectivity index (χ0v) is 15.5. The van der Waals surface area contributed by atoms with Crippen molar-refractivity contribution in [3.8, 4) is 5.75 Å². The summed E-state index contributed by atoms with van der Waals surface area (Å²) in [4.78, 5) is 12.5. The van der Waals surface area contributed by atoms with Gasteiger partial charge in [0.25, 0.3) is 0 Å². The summed E-state index contributed by atoms with van der Waals surface area (Å²) in [6.07, 6.45) is -0.328. The van der Waals surface area contributed by atoms with Crippen LogP contribution in [0.5, 0.6) is 5.75 Å². The van der Waals surface area contributed by atoms with E-state index in [1.54, 1.807) is 25.3 Å². The van der Waals surface area contributed by atoms with Crippen molar-refractivity contribution in [1.82, 2.24) is 0 Å².